The van der Waals surface area contributed by atoms with Crippen molar-refractivity contribution in [1.82, 2.24) is 5.32 Å². The maximum absolute atomic E-state index is 13.5. The van der Waals surface area contributed by atoms with E-state index in [1.54, 1.807) is 36.4 Å². The van der Waals surface area contributed by atoms with Crippen LogP contribution in [0, 0.1) is 11.7 Å². The molecule has 5 nitrogen and oxygen atoms in total. The summed E-state index contributed by atoms with van der Waals surface area (Å²) in [6.45, 7) is 1.96. The standard InChI is InChI=1S/C33H31BrFN3O2/c34-27-8-4-7-26(20-27)32(39)37-29-13-14-31(30(21-29)33(40)36-22-25-9-11-28(35)12-10-25)38-17-15-24(16-18-38)19-23-5-2-1-3-6-23/h1-14,20-21,24H,15-19,22H2,(H,36,40)(H,37,39). The molecular weight excluding hydrogens is 569 g/mol. The Balaban J connectivity index is 1.33. The molecule has 0 saturated carbocycles. The van der Waals surface area contributed by atoms with Gasteiger partial charge in [-0.05, 0) is 84.8 Å². The summed E-state index contributed by atoms with van der Waals surface area (Å²) in [5.41, 5.74) is 4.55. The summed E-state index contributed by atoms with van der Waals surface area (Å²) < 4.78 is 14.1. The smallest absolute Gasteiger partial charge is 0.255 e. The van der Waals surface area contributed by atoms with E-state index in [4.69, 9.17) is 0 Å². The summed E-state index contributed by atoms with van der Waals surface area (Å²) in [5.74, 6) is -0.224. The predicted octanol–water partition coefficient (Wildman–Crippen LogP) is 7.23. The number of hydrogen-bond donors (Lipinski definition) is 2. The second-order valence-corrected chi connectivity index (χ2v) is 11.0. The number of rotatable bonds is 8. The van der Waals surface area contributed by atoms with Crippen LogP contribution in [0.4, 0.5) is 15.8 Å². The number of piperidine rings is 1. The molecule has 0 radical (unpaired) electrons. The molecule has 2 amide bonds. The van der Waals surface area contributed by atoms with Crippen molar-refractivity contribution in [2.45, 2.75) is 25.8 Å². The number of nitrogens with zero attached hydrogens (tertiary/aromatic N) is 1. The van der Waals surface area contributed by atoms with E-state index in [2.05, 4.69) is 55.7 Å². The molecule has 1 heterocycles. The lowest BCUT2D eigenvalue weighted by atomic mass is 9.89. The Kier molecular flexibility index (Phi) is 8.91. The van der Waals surface area contributed by atoms with Crippen molar-refractivity contribution in [3.8, 4) is 0 Å². The highest BCUT2D eigenvalue weighted by Crippen LogP contribution is 2.30. The monoisotopic (exact) mass is 599 g/mol. The fraction of sp³-hybridized carbons (Fsp3) is 0.212. The van der Waals surface area contributed by atoms with Gasteiger partial charge in [0.25, 0.3) is 11.8 Å². The highest BCUT2D eigenvalue weighted by Gasteiger charge is 2.24. The van der Waals surface area contributed by atoms with Crippen LogP contribution in [0.15, 0.2) is 102 Å². The van der Waals surface area contributed by atoms with Crippen molar-refractivity contribution >= 4 is 39.1 Å². The molecule has 0 unspecified atom stereocenters. The Morgan fingerprint density at radius 2 is 1.57 bits per heavy atom. The van der Waals surface area contributed by atoms with Gasteiger partial charge in [-0.25, -0.2) is 4.39 Å². The van der Waals surface area contributed by atoms with E-state index < -0.39 is 0 Å². The third kappa shape index (κ3) is 7.16. The minimum absolute atomic E-state index is 0.246. The number of nitrogens with one attached hydrogen (secondary N) is 2. The average molecular weight is 601 g/mol. The van der Waals surface area contributed by atoms with Crippen LogP contribution in [-0.4, -0.2) is 24.9 Å². The Morgan fingerprint density at radius 3 is 2.30 bits per heavy atom. The Morgan fingerprint density at radius 1 is 0.825 bits per heavy atom. The highest BCUT2D eigenvalue weighted by molar-refractivity contribution is 9.10. The number of halogens is 2. The average Bonchev–Trinajstić information content (AvgIpc) is 2.98. The van der Waals surface area contributed by atoms with Crippen molar-refractivity contribution in [3.05, 3.63) is 130 Å². The normalized spacial score (nSPS) is 13.6. The van der Waals surface area contributed by atoms with Crippen LogP contribution in [-0.2, 0) is 13.0 Å². The first-order valence-corrected chi connectivity index (χ1v) is 14.3. The molecule has 1 saturated heterocycles. The zero-order valence-electron chi connectivity index (χ0n) is 22.1. The first-order valence-electron chi connectivity index (χ1n) is 13.5. The molecular formula is C33H31BrFN3O2. The topological polar surface area (TPSA) is 61.4 Å². The fourth-order valence-electron chi connectivity index (χ4n) is 5.11. The van der Waals surface area contributed by atoms with Gasteiger partial charge in [0.15, 0.2) is 0 Å². The molecule has 0 atom stereocenters. The Labute approximate surface area is 242 Å². The highest BCUT2D eigenvalue weighted by atomic mass is 79.9. The minimum Gasteiger partial charge on any atom is -0.371 e. The van der Waals surface area contributed by atoms with Gasteiger partial charge in [-0.3, -0.25) is 9.59 Å². The van der Waals surface area contributed by atoms with Gasteiger partial charge in [0, 0.05) is 41.0 Å². The van der Waals surface area contributed by atoms with E-state index in [1.165, 1.54) is 17.7 Å². The SMILES string of the molecule is O=C(Nc1ccc(N2CCC(Cc3ccccc3)CC2)c(C(=O)NCc2ccc(F)cc2)c1)c1cccc(Br)c1. The first-order chi connectivity index (χ1) is 19.4. The molecule has 0 aliphatic carbocycles. The van der Waals surface area contributed by atoms with Gasteiger partial charge in [0.1, 0.15) is 5.82 Å². The lowest BCUT2D eigenvalue weighted by Crippen LogP contribution is -2.36. The van der Waals surface area contributed by atoms with E-state index in [-0.39, 0.29) is 24.2 Å². The third-order valence-electron chi connectivity index (χ3n) is 7.27. The van der Waals surface area contributed by atoms with Gasteiger partial charge in [-0.15, -0.1) is 0 Å². The zero-order chi connectivity index (χ0) is 27.9. The number of benzene rings is 4. The molecule has 40 heavy (non-hydrogen) atoms. The number of carbonyl (C=O) groups excluding carboxylic acids is 2. The molecule has 4 aromatic rings. The summed E-state index contributed by atoms with van der Waals surface area (Å²) in [6.07, 6.45) is 3.13. The van der Waals surface area contributed by atoms with Crippen LogP contribution in [0.3, 0.4) is 0 Å². The predicted molar refractivity (Wildman–Crippen MR) is 161 cm³/mol. The van der Waals surface area contributed by atoms with Gasteiger partial charge in [0.2, 0.25) is 0 Å². The lowest BCUT2D eigenvalue weighted by Gasteiger charge is -2.35. The Bertz CT molecular complexity index is 1470. The molecule has 0 spiro atoms. The van der Waals surface area contributed by atoms with Crippen LogP contribution in [0.1, 0.15) is 44.7 Å². The minimum atomic E-state index is -0.318. The van der Waals surface area contributed by atoms with E-state index in [1.807, 2.05) is 24.3 Å². The quantitative estimate of drug-likeness (QED) is 0.224. The van der Waals surface area contributed by atoms with Crippen molar-refractivity contribution in [2.24, 2.45) is 5.92 Å². The number of hydrogen-bond acceptors (Lipinski definition) is 3. The van der Waals surface area contributed by atoms with Crippen LogP contribution >= 0.6 is 15.9 Å². The molecule has 1 aliphatic heterocycles. The molecule has 0 bridgehead atoms. The zero-order valence-corrected chi connectivity index (χ0v) is 23.7. The number of amides is 2. The van der Waals surface area contributed by atoms with Crippen LogP contribution < -0.4 is 15.5 Å². The lowest BCUT2D eigenvalue weighted by molar-refractivity contribution is 0.0950. The first kappa shape index (κ1) is 27.6. The molecule has 4 aromatic carbocycles. The summed E-state index contributed by atoms with van der Waals surface area (Å²) in [6, 6.07) is 29.3. The second-order valence-electron chi connectivity index (χ2n) is 10.1. The maximum Gasteiger partial charge on any atom is 0.255 e. The van der Waals surface area contributed by atoms with Gasteiger partial charge in [0.05, 0.1) is 5.56 Å². The molecule has 5 rings (SSSR count). The van der Waals surface area contributed by atoms with Gasteiger partial charge in [-0.1, -0.05) is 64.5 Å². The third-order valence-corrected chi connectivity index (χ3v) is 7.77. The van der Waals surface area contributed by atoms with Gasteiger partial charge >= 0.3 is 0 Å². The summed E-state index contributed by atoms with van der Waals surface area (Å²) in [4.78, 5) is 28.6. The van der Waals surface area contributed by atoms with Crippen molar-refractivity contribution in [1.29, 1.82) is 0 Å². The summed E-state index contributed by atoms with van der Waals surface area (Å²) in [7, 11) is 0. The summed E-state index contributed by atoms with van der Waals surface area (Å²) >= 11 is 3.40. The molecule has 7 heteroatoms. The van der Waals surface area contributed by atoms with Gasteiger partial charge in [-0.2, -0.15) is 0 Å². The van der Waals surface area contributed by atoms with E-state index in [9.17, 15) is 14.0 Å². The van der Waals surface area contributed by atoms with E-state index >= 15 is 0 Å². The summed E-state index contributed by atoms with van der Waals surface area (Å²) in [5, 5.41) is 5.89. The molecule has 0 aromatic heterocycles. The molecule has 1 aliphatic rings. The number of carbonyl (C=O) groups is 2. The maximum atomic E-state index is 13.5. The molecule has 204 valence electrons. The molecule has 2 N–H and O–H groups in total. The fourth-order valence-corrected chi connectivity index (χ4v) is 5.51. The van der Waals surface area contributed by atoms with Crippen LogP contribution in [0.5, 0.6) is 0 Å². The number of anilines is 2. The van der Waals surface area contributed by atoms with Crippen molar-refractivity contribution < 1.29 is 14.0 Å². The van der Waals surface area contributed by atoms with Crippen molar-refractivity contribution in [3.63, 3.8) is 0 Å². The molecule has 1 fully saturated rings. The van der Waals surface area contributed by atoms with E-state index in [0.29, 0.717) is 22.7 Å². The van der Waals surface area contributed by atoms with E-state index in [0.717, 1.165) is 48.1 Å². The van der Waals surface area contributed by atoms with Gasteiger partial charge < -0.3 is 15.5 Å². The van der Waals surface area contributed by atoms with Crippen LogP contribution in [0.2, 0.25) is 0 Å². The van der Waals surface area contributed by atoms with Crippen LogP contribution in [0.25, 0.3) is 0 Å². The second kappa shape index (κ2) is 12.9. The Hall–Kier alpha value is -3.97. The largest absolute Gasteiger partial charge is 0.371 e. The van der Waals surface area contributed by atoms with Crippen molar-refractivity contribution in [2.75, 3.05) is 23.3 Å².